The van der Waals surface area contributed by atoms with E-state index in [4.69, 9.17) is 5.73 Å². The summed E-state index contributed by atoms with van der Waals surface area (Å²) >= 11 is 0. The standard InChI is InChI=1S/C14H27FN2O.C4H8.C2H6/c1-4-10(2)8-14(11(3)18)17(15)13-7-5-6-12(16)9-13;1-3-4-2;1-2/h10,12-14H,4-9,16H2,1-3H3;3H,1,4H2,2H3;1-2H3. The van der Waals surface area contributed by atoms with Crippen LogP contribution in [0.4, 0.5) is 4.48 Å². The predicted octanol–water partition coefficient (Wildman–Crippen LogP) is 5.45. The molecule has 1 rings (SSSR count). The topological polar surface area (TPSA) is 46.3 Å². The molecule has 2 N–H and O–H groups in total. The van der Waals surface area contributed by atoms with Crippen LogP contribution in [0.15, 0.2) is 12.7 Å². The number of rotatable bonds is 7. The molecule has 0 radical (unpaired) electrons. The zero-order valence-corrected chi connectivity index (χ0v) is 16.9. The van der Waals surface area contributed by atoms with Gasteiger partial charge in [0.2, 0.25) is 0 Å². The molecule has 0 aromatic carbocycles. The average molecular weight is 345 g/mol. The normalized spacial score (nSPS) is 22.4. The van der Waals surface area contributed by atoms with E-state index in [0.29, 0.717) is 18.8 Å². The summed E-state index contributed by atoms with van der Waals surface area (Å²) < 4.78 is 14.4. The second kappa shape index (κ2) is 15.8. The molecule has 1 saturated carbocycles. The zero-order valence-electron chi connectivity index (χ0n) is 16.9. The smallest absolute Gasteiger partial charge is 0.149 e. The molecule has 0 aliphatic heterocycles. The molecule has 144 valence electrons. The Balaban J connectivity index is 0. The number of Topliss-reactive ketones (excluding diaryl/α,β-unsaturated/α-hetero) is 1. The predicted molar refractivity (Wildman–Crippen MR) is 104 cm³/mol. The van der Waals surface area contributed by atoms with Crippen molar-refractivity contribution in [3.8, 4) is 0 Å². The average Bonchev–Trinajstić information content (AvgIpc) is 2.60. The molecule has 3 nitrogen and oxygen atoms in total. The van der Waals surface area contributed by atoms with E-state index in [9.17, 15) is 9.28 Å². The maximum atomic E-state index is 14.4. The third kappa shape index (κ3) is 10.9. The molecular formula is C20H41FN2O. The van der Waals surface area contributed by atoms with E-state index in [1.54, 1.807) is 0 Å². The van der Waals surface area contributed by atoms with Gasteiger partial charge in [0.05, 0.1) is 6.04 Å². The van der Waals surface area contributed by atoms with Crippen LogP contribution in [0, 0.1) is 5.92 Å². The van der Waals surface area contributed by atoms with Crippen LogP contribution >= 0.6 is 0 Å². The van der Waals surface area contributed by atoms with Crippen molar-refractivity contribution in [3.05, 3.63) is 12.7 Å². The minimum Gasteiger partial charge on any atom is -0.328 e. The molecule has 0 amide bonds. The highest BCUT2D eigenvalue weighted by atomic mass is 19.2. The number of ketones is 1. The minimum absolute atomic E-state index is 0.0723. The molecule has 4 unspecified atom stereocenters. The number of hydrogen-bond donors (Lipinski definition) is 1. The first-order valence-electron chi connectivity index (χ1n) is 9.68. The Morgan fingerprint density at radius 2 is 1.92 bits per heavy atom. The third-order valence-electron chi connectivity index (χ3n) is 4.41. The molecule has 0 heterocycles. The molecule has 1 aliphatic carbocycles. The lowest BCUT2D eigenvalue weighted by molar-refractivity contribution is -0.138. The Kier molecular flexibility index (Phi) is 16.8. The quantitative estimate of drug-likeness (QED) is 0.494. The monoisotopic (exact) mass is 344 g/mol. The highest BCUT2D eigenvalue weighted by Gasteiger charge is 2.33. The molecule has 1 aliphatic rings. The summed E-state index contributed by atoms with van der Waals surface area (Å²) in [7, 11) is 0. The van der Waals surface area contributed by atoms with Gasteiger partial charge in [-0.25, -0.2) is 0 Å². The van der Waals surface area contributed by atoms with Crippen LogP contribution in [0.3, 0.4) is 0 Å². The minimum atomic E-state index is -0.588. The molecule has 24 heavy (non-hydrogen) atoms. The van der Waals surface area contributed by atoms with Crippen molar-refractivity contribution in [1.82, 2.24) is 5.12 Å². The highest BCUT2D eigenvalue weighted by molar-refractivity contribution is 5.81. The van der Waals surface area contributed by atoms with Crippen LogP contribution < -0.4 is 5.73 Å². The summed E-state index contributed by atoms with van der Waals surface area (Å²) in [6.07, 6.45) is 7.95. The van der Waals surface area contributed by atoms with E-state index in [-0.39, 0.29) is 17.9 Å². The lowest BCUT2D eigenvalue weighted by Gasteiger charge is -2.35. The van der Waals surface area contributed by atoms with Crippen molar-refractivity contribution in [1.29, 1.82) is 0 Å². The van der Waals surface area contributed by atoms with Crippen LogP contribution in [0.1, 0.15) is 86.5 Å². The van der Waals surface area contributed by atoms with Crippen LogP contribution in [0.2, 0.25) is 0 Å². The second-order valence-corrected chi connectivity index (χ2v) is 6.50. The van der Waals surface area contributed by atoms with Gasteiger partial charge < -0.3 is 5.73 Å². The molecule has 1 fully saturated rings. The first-order valence-corrected chi connectivity index (χ1v) is 9.68. The number of nitrogens with two attached hydrogens (primary N) is 1. The van der Waals surface area contributed by atoms with E-state index in [2.05, 4.69) is 27.4 Å². The van der Waals surface area contributed by atoms with E-state index in [0.717, 1.165) is 37.2 Å². The summed E-state index contributed by atoms with van der Waals surface area (Å²) in [5.41, 5.74) is 5.89. The zero-order chi connectivity index (χ0) is 19.1. The van der Waals surface area contributed by atoms with Gasteiger partial charge in [0.25, 0.3) is 0 Å². The summed E-state index contributed by atoms with van der Waals surface area (Å²) in [5.74, 6) is 0.298. The van der Waals surface area contributed by atoms with Crippen LogP contribution in [0.5, 0.6) is 0 Å². The fourth-order valence-electron chi connectivity index (χ4n) is 2.67. The molecule has 4 atom stereocenters. The van der Waals surface area contributed by atoms with E-state index < -0.39 is 6.04 Å². The van der Waals surface area contributed by atoms with Gasteiger partial charge in [-0.3, -0.25) is 4.79 Å². The van der Waals surface area contributed by atoms with Crippen molar-refractivity contribution in [2.24, 2.45) is 11.7 Å². The van der Waals surface area contributed by atoms with Crippen molar-refractivity contribution in [2.75, 3.05) is 0 Å². The molecule has 0 bridgehead atoms. The van der Waals surface area contributed by atoms with Crippen molar-refractivity contribution in [3.63, 3.8) is 0 Å². The number of halogens is 1. The lowest BCUT2D eigenvalue weighted by Crippen LogP contribution is -2.46. The molecule has 0 aromatic heterocycles. The van der Waals surface area contributed by atoms with E-state index in [1.165, 1.54) is 6.92 Å². The number of carbonyl (C=O) groups excluding carboxylic acids is 1. The Morgan fingerprint density at radius 3 is 2.29 bits per heavy atom. The summed E-state index contributed by atoms with van der Waals surface area (Å²) in [6, 6.07) is -0.680. The van der Waals surface area contributed by atoms with Crippen molar-refractivity contribution in [2.45, 2.75) is 105 Å². The lowest BCUT2D eigenvalue weighted by atomic mass is 9.89. The Labute approximate surface area is 149 Å². The fraction of sp³-hybridized carbons (Fsp3) is 0.850. The third-order valence-corrected chi connectivity index (χ3v) is 4.41. The molecule has 0 aromatic rings. The number of carbonyl (C=O) groups is 1. The van der Waals surface area contributed by atoms with Gasteiger partial charge in [0, 0.05) is 12.1 Å². The number of hydrogen-bond acceptors (Lipinski definition) is 3. The van der Waals surface area contributed by atoms with Crippen LogP contribution in [0.25, 0.3) is 0 Å². The van der Waals surface area contributed by atoms with Gasteiger partial charge in [-0.2, -0.15) is 0 Å². The van der Waals surface area contributed by atoms with Crippen molar-refractivity contribution < 1.29 is 9.28 Å². The van der Waals surface area contributed by atoms with Gasteiger partial charge in [0.15, 0.2) is 0 Å². The molecule has 4 heteroatoms. The second-order valence-electron chi connectivity index (χ2n) is 6.50. The van der Waals surface area contributed by atoms with Crippen LogP contribution in [-0.2, 0) is 4.79 Å². The number of allylic oxidation sites excluding steroid dienone is 1. The van der Waals surface area contributed by atoms with Gasteiger partial charge in [-0.1, -0.05) is 53.5 Å². The summed E-state index contributed by atoms with van der Waals surface area (Å²) in [4.78, 5) is 11.6. The van der Waals surface area contributed by atoms with E-state index in [1.807, 2.05) is 19.9 Å². The Hall–Kier alpha value is -0.740. The number of nitrogens with zero attached hydrogens (tertiary/aromatic N) is 1. The summed E-state index contributed by atoms with van der Waals surface area (Å²) in [5, 5.41) is 0.799. The highest BCUT2D eigenvalue weighted by Crippen LogP contribution is 2.27. The molecule has 0 saturated heterocycles. The van der Waals surface area contributed by atoms with Crippen LogP contribution in [-0.4, -0.2) is 29.0 Å². The van der Waals surface area contributed by atoms with Crippen molar-refractivity contribution >= 4 is 5.78 Å². The van der Waals surface area contributed by atoms with E-state index >= 15 is 0 Å². The fourth-order valence-corrected chi connectivity index (χ4v) is 2.67. The summed E-state index contributed by atoms with van der Waals surface area (Å²) in [6.45, 7) is 15.2. The molecule has 0 spiro atoms. The maximum absolute atomic E-state index is 14.4. The Bertz CT molecular complexity index is 323. The SMILES string of the molecule is C=CCC.CC.CCC(C)CC(C(C)=O)N(F)C1CCCC(N)C1. The Morgan fingerprint density at radius 1 is 1.38 bits per heavy atom. The molecular weight excluding hydrogens is 303 g/mol. The van der Waals surface area contributed by atoms with Gasteiger partial charge in [-0.05, 0) is 44.9 Å². The first-order chi connectivity index (χ1) is 11.4. The van der Waals surface area contributed by atoms with Gasteiger partial charge >= 0.3 is 0 Å². The first kappa shape index (κ1) is 25.5. The van der Waals surface area contributed by atoms with Gasteiger partial charge in [-0.15, -0.1) is 16.2 Å². The van der Waals surface area contributed by atoms with Gasteiger partial charge in [0.1, 0.15) is 5.78 Å². The largest absolute Gasteiger partial charge is 0.328 e. The maximum Gasteiger partial charge on any atom is 0.149 e.